The Morgan fingerprint density at radius 2 is 2.06 bits per heavy atom. The zero-order valence-corrected chi connectivity index (χ0v) is 10.8. The van der Waals surface area contributed by atoms with Crippen molar-refractivity contribution in [2.24, 2.45) is 0 Å². The zero-order valence-electron chi connectivity index (χ0n) is 9.26. The lowest BCUT2D eigenvalue weighted by Gasteiger charge is -2.11. The van der Waals surface area contributed by atoms with Crippen molar-refractivity contribution >= 4 is 40.8 Å². The van der Waals surface area contributed by atoms with Crippen molar-refractivity contribution in [2.45, 2.75) is 6.92 Å². The number of hydrogen-bond donors (Lipinski definition) is 2. The summed E-state index contributed by atoms with van der Waals surface area (Å²) in [5, 5.41) is 4.09. The van der Waals surface area contributed by atoms with Crippen LogP contribution in [0.4, 0.5) is 5.69 Å². The Bertz CT molecular complexity index is 467. The van der Waals surface area contributed by atoms with Gasteiger partial charge in [-0.2, -0.15) is 4.90 Å². The number of nitrogens with one attached hydrogen (secondary N) is 2. The summed E-state index contributed by atoms with van der Waals surface area (Å²) in [5.74, 6) is 0.591. The highest BCUT2D eigenvalue weighted by molar-refractivity contribution is 6.39. The van der Waals surface area contributed by atoms with E-state index in [1.165, 1.54) is 6.92 Å². The summed E-state index contributed by atoms with van der Waals surface area (Å²) < 4.78 is 0. The minimum Gasteiger partial charge on any atom is -0.274 e. The number of amides is 1. The highest BCUT2D eigenvalue weighted by Crippen LogP contribution is 2.29. The predicted octanol–water partition coefficient (Wildman–Crippen LogP) is 0.704. The Balaban J connectivity index is 2.24. The number of para-hydroxylation sites is 1. The second-order valence-corrected chi connectivity index (χ2v) is 4.48. The molecule has 2 N–H and O–H groups in total. The molecule has 0 atom stereocenters. The van der Waals surface area contributed by atoms with Crippen molar-refractivity contribution < 1.29 is 9.79 Å². The molecule has 1 aliphatic heterocycles. The summed E-state index contributed by atoms with van der Waals surface area (Å²) in [5.41, 5.74) is 0.603. The van der Waals surface area contributed by atoms with Crippen LogP contribution >= 0.6 is 23.2 Å². The van der Waals surface area contributed by atoms with E-state index in [-0.39, 0.29) is 5.91 Å². The number of halogens is 2. The lowest BCUT2D eigenvalue weighted by Crippen LogP contribution is -2.72. The molecule has 1 heterocycles. The van der Waals surface area contributed by atoms with Crippen molar-refractivity contribution in [2.75, 3.05) is 18.4 Å². The number of nitrogens with zero attached hydrogens (tertiary/aromatic N) is 1. The third kappa shape index (κ3) is 2.53. The van der Waals surface area contributed by atoms with Crippen LogP contribution in [-0.2, 0) is 4.79 Å². The van der Waals surface area contributed by atoms with Crippen LogP contribution in [0, 0.1) is 0 Å². The van der Waals surface area contributed by atoms with Crippen LogP contribution in [0.25, 0.3) is 0 Å². The summed E-state index contributed by atoms with van der Waals surface area (Å²) in [7, 11) is 0. The van der Waals surface area contributed by atoms with E-state index in [1.807, 2.05) is 0 Å². The maximum Gasteiger partial charge on any atom is 0.358 e. The van der Waals surface area contributed by atoms with E-state index in [4.69, 9.17) is 23.2 Å². The molecule has 1 amide bonds. The molecule has 0 spiro atoms. The highest BCUT2D eigenvalue weighted by atomic mass is 35.5. The van der Waals surface area contributed by atoms with E-state index in [1.54, 1.807) is 23.1 Å². The minimum atomic E-state index is -0.0272. The summed E-state index contributed by atoms with van der Waals surface area (Å²) in [6.45, 7) is 2.87. The van der Waals surface area contributed by atoms with Gasteiger partial charge in [0.25, 0.3) is 5.91 Å². The molecular weight excluding hydrogens is 261 g/mol. The van der Waals surface area contributed by atoms with Gasteiger partial charge in [0, 0.05) is 6.92 Å². The normalized spacial score (nSPS) is 14.8. The number of rotatable bonds is 1. The zero-order chi connectivity index (χ0) is 12.4. The van der Waals surface area contributed by atoms with E-state index in [0.717, 1.165) is 0 Å². The van der Waals surface area contributed by atoms with Gasteiger partial charge in [-0.05, 0) is 12.1 Å². The lowest BCUT2D eigenvalue weighted by molar-refractivity contribution is -0.444. The smallest absolute Gasteiger partial charge is 0.274 e. The minimum absolute atomic E-state index is 0.0272. The van der Waals surface area contributed by atoms with Gasteiger partial charge in [0.1, 0.15) is 12.2 Å². The second-order valence-electron chi connectivity index (χ2n) is 3.67. The Kier molecular flexibility index (Phi) is 3.54. The number of anilines is 1. The Hall–Kier alpha value is -1.26. The molecule has 6 heteroatoms. The summed E-state index contributed by atoms with van der Waals surface area (Å²) >= 11 is 12.1. The predicted molar refractivity (Wildman–Crippen MR) is 68.3 cm³/mol. The first-order valence-corrected chi connectivity index (χ1v) is 5.95. The molecule has 0 aromatic heterocycles. The molecule has 0 saturated heterocycles. The average Bonchev–Trinajstić information content (AvgIpc) is 2.72. The molecule has 2 rings (SSSR count). The van der Waals surface area contributed by atoms with Crippen LogP contribution < -0.4 is 10.3 Å². The Labute approximate surface area is 109 Å². The number of guanidine groups is 1. The molecule has 4 nitrogen and oxygen atoms in total. The largest absolute Gasteiger partial charge is 0.358 e. The van der Waals surface area contributed by atoms with Crippen LogP contribution in [-0.4, -0.2) is 29.9 Å². The fourth-order valence-corrected chi connectivity index (χ4v) is 2.15. The fourth-order valence-electron chi connectivity index (χ4n) is 1.66. The maximum atomic E-state index is 11.4. The number of hydrogen-bond acceptors (Lipinski definition) is 2. The quantitative estimate of drug-likeness (QED) is 0.791. The van der Waals surface area contributed by atoms with Crippen molar-refractivity contribution in [1.82, 2.24) is 4.90 Å². The van der Waals surface area contributed by atoms with Crippen molar-refractivity contribution in [3.63, 3.8) is 0 Å². The molecule has 0 unspecified atom stereocenters. The second kappa shape index (κ2) is 4.94. The van der Waals surface area contributed by atoms with Gasteiger partial charge in [-0.15, -0.1) is 0 Å². The topological polar surface area (TPSA) is 46.3 Å². The maximum absolute atomic E-state index is 11.4. The molecule has 17 heavy (non-hydrogen) atoms. The van der Waals surface area contributed by atoms with Gasteiger partial charge in [-0.3, -0.25) is 9.79 Å². The van der Waals surface area contributed by atoms with Crippen LogP contribution in [0.1, 0.15) is 6.92 Å². The van der Waals surface area contributed by atoms with Crippen molar-refractivity contribution in [1.29, 1.82) is 0 Å². The summed E-state index contributed by atoms with van der Waals surface area (Å²) in [4.78, 5) is 16.1. The van der Waals surface area contributed by atoms with Gasteiger partial charge in [0.05, 0.1) is 16.6 Å². The first-order valence-electron chi connectivity index (χ1n) is 5.19. The van der Waals surface area contributed by atoms with Crippen LogP contribution in [0.2, 0.25) is 10.0 Å². The monoisotopic (exact) mass is 272 g/mol. The highest BCUT2D eigenvalue weighted by Gasteiger charge is 2.29. The molecule has 90 valence electrons. The van der Waals surface area contributed by atoms with E-state index < -0.39 is 0 Å². The first kappa shape index (κ1) is 12.2. The first-order chi connectivity index (χ1) is 8.09. The molecule has 0 saturated carbocycles. The fraction of sp³-hybridized carbons (Fsp3) is 0.273. The lowest BCUT2D eigenvalue weighted by atomic mass is 10.3. The molecule has 0 aliphatic carbocycles. The van der Waals surface area contributed by atoms with Gasteiger partial charge < -0.3 is 0 Å². The summed E-state index contributed by atoms with van der Waals surface area (Å²) in [6, 6.07) is 5.25. The number of carbonyl (C=O) groups is 1. The van der Waals surface area contributed by atoms with Crippen LogP contribution in [0.3, 0.4) is 0 Å². The number of carbonyl (C=O) groups excluding carboxylic acids is 1. The molecule has 0 radical (unpaired) electrons. The third-order valence-corrected chi connectivity index (χ3v) is 3.11. The van der Waals surface area contributed by atoms with Gasteiger partial charge in [0.2, 0.25) is 0 Å². The van der Waals surface area contributed by atoms with E-state index in [9.17, 15) is 4.79 Å². The van der Waals surface area contributed by atoms with Gasteiger partial charge in [0.15, 0.2) is 0 Å². The van der Waals surface area contributed by atoms with E-state index in [0.29, 0.717) is 34.8 Å². The van der Waals surface area contributed by atoms with Gasteiger partial charge in [-0.1, -0.05) is 29.3 Å². The summed E-state index contributed by atoms with van der Waals surface area (Å²) in [6.07, 6.45) is 0. The standard InChI is InChI=1S/C11H11Cl2N3O/c1-7(17)16-6-5-14-11(16)15-10-8(12)3-2-4-9(10)13/h2-4H,5-6H2,1H3,(H,14,15)/p+1. The van der Waals surface area contributed by atoms with E-state index in [2.05, 4.69) is 10.3 Å². The van der Waals surface area contributed by atoms with Crippen LogP contribution in [0.5, 0.6) is 0 Å². The molecular formula is C11H12Cl2N3O+. The Morgan fingerprint density at radius 3 is 2.65 bits per heavy atom. The molecule has 0 fully saturated rings. The van der Waals surface area contributed by atoms with Crippen molar-refractivity contribution in [3.8, 4) is 0 Å². The number of benzene rings is 1. The molecule has 1 aromatic rings. The molecule has 1 aliphatic rings. The van der Waals surface area contributed by atoms with E-state index >= 15 is 0 Å². The molecule has 1 aromatic carbocycles. The van der Waals surface area contributed by atoms with Gasteiger partial charge >= 0.3 is 5.96 Å². The van der Waals surface area contributed by atoms with Crippen molar-refractivity contribution in [3.05, 3.63) is 28.2 Å². The average molecular weight is 273 g/mol. The SMILES string of the molecule is CC(=O)N1CC[NH+]=C1Nc1c(Cl)cccc1Cl. The van der Waals surface area contributed by atoms with Gasteiger partial charge in [-0.25, -0.2) is 5.32 Å². The Morgan fingerprint density at radius 1 is 1.41 bits per heavy atom. The van der Waals surface area contributed by atoms with Crippen LogP contribution in [0.15, 0.2) is 18.2 Å². The molecule has 0 bridgehead atoms. The third-order valence-electron chi connectivity index (χ3n) is 2.48.